The van der Waals surface area contributed by atoms with Crippen LogP contribution in [0.3, 0.4) is 0 Å². The van der Waals surface area contributed by atoms with Crippen LogP contribution in [-0.4, -0.2) is 0 Å². The van der Waals surface area contributed by atoms with Crippen molar-refractivity contribution in [2.75, 3.05) is 0 Å². The summed E-state index contributed by atoms with van der Waals surface area (Å²) >= 11 is -0.441. The van der Waals surface area contributed by atoms with Crippen LogP contribution < -0.4 is 0 Å². The van der Waals surface area contributed by atoms with Gasteiger partial charge < -0.3 is 0 Å². The van der Waals surface area contributed by atoms with Gasteiger partial charge >= 0.3 is 0 Å². The first-order chi connectivity index (χ1) is 3.93. The van der Waals surface area contributed by atoms with E-state index in [2.05, 4.69) is 0 Å². The van der Waals surface area contributed by atoms with Gasteiger partial charge in [0.25, 0.3) is 0 Å². The summed E-state index contributed by atoms with van der Waals surface area (Å²) in [4.78, 5) is 0. The molecule has 1 aromatic carbocycles. The number of halogens is 1. The molecule has 0 fully saturated rings. The lowest BCUT2D eigenvalue weighted by Gasteiger charge is -1.82. The summed E-state index contributed by atoms with van der Waals surface area (Å²) in [5.74, 6) is 0. The first-order valence-corrected chi connectivity index (χ1v) is 4.45. The Hall–Kier alpha value is -0.250. The summed E-state index contributed by atoms with van der Waals surface area (Å²) in [5, 5.41) is 0. The minimum absolute atomic E-state index is 0.441. The topological polar surface area (TPSA) is 23.9 Å². The zero-order valence-electron chi connectivity index (χ0n) is 4.26. The molecule has 0 aromatic heterocycles. The Morgan fingerprint density at radius 2 is 1.75 bits per heavy atom. The lowest BCUT2D eigenvalue weighted by atomic mass is 10.4. The Bertz CT molecular complexity index is 171. The molecule has 0 atom stereocenters. The second-order valence-corrected chi connectivity index (χ2v) is 3.18. The molecule has 0 aliphatic heterocycles. The molecule has 8 heavy (non-hydrogen) atoms. The fourth-order valence-electron chi connectivity index (χ4n) is 0.478. The normalized spacial score (nSPS) is 9.00. The van der Waals surface area contributed by atoms with Crippen molar-refractivity contribution in [2.45, 2.75) is 0 Å². The summed E-state index contributed by atoms with van der Waals surface area (Å²) in [6.07, 6.45) is 0. The number of hydrogen-bond donors (Lipinski definition) is 1. The second kappa shape index (κ2) is 2.91. The second-order valence-electron chi connectivity index (χ2n) is 1.39. The lowest BCUT2D eigenvalue weighted by molar-refractivity contribution is 1.64. The van der Waals surface area contributed by atoms with Gasteiger partial charge in [0.1, 0.15) is 0 Å². The zero-order chi connectivity index (χ0) is 5.82. The maximum atomic E-state index is 7.05. The van der Waals surface area contributed by atoms with Crippen molar-refractivity contribution in [1.29, 1.82) is 3.56 Å². The molecule has 1 aromatic rings. The smallest absolute Gasteiger partial charge is 0.0248 e. The summed E-state index contributed by atoms with van der Waals surface area (Å²) in [6, 6.07) is 9.93. The predicted molar refractivity (Wildman–Crippen MR) is 41.9 cm³/mol. The Kier molecular flexibility index (Phi) is 2.14. The van der Waals surface area contributed by atoms with Crippen molar-refractivity contribution in [3.63, 3.8) is 0 Å². The third kappa shape index (κ3) is 1.36. The highest BCUT2D eigenvalue weighted by Gasteiger charge is 1.78. The largest absolute Gasteiger partial charge is 0.274 e. The molecule has 0 heterocycles. The minimum Gasteiger partial charge on any atom is -0.274 e. The number of rotatable bonds is 1. The molecule has 0 bridgehead atoms. The molecule has 0 spiro atoms. The van der Waals surface area contributed by atoms with Gasteiger partial charge in [-0.25, -0.2) is 0 Å². The molecular formula is C6H6IN. The van der Waals surface area contributed by atoms with Crippen LogP contribution >= 0.6 is 21.0 Å². The molecule has 0 aliphatic carbocycles. The average molecular weight is 219 g/mol. The Labute approximate surface area is 58.7 Å². The Morgan fingerprint density at radius 3 is 2.12 bits per heavy atom. The van der Waals surface area contributed by atoms with Crippen molar-refractivity contribution >= 4 is 21.0 Å². The molecule has 0 radical (unpaired) electrons. The van der Waals surface area contributed by atoms with Gasteiger partial charge in [-0.2, -0.15) is 0 Å². The minimum atomic E-state index is -0.441. The van der Waals surface area contributed by atoms with E-state index in [0.717, 1.165) is 0 Å². The predicted octanol–water partition coefficient (Wildman–Crippen LogP) is 2.59. The summed E-state index contributed by atoms with van der Waals surface area (Å²) in [5.41, 5.74) is 0. The van der Waals surface area contributed by atoms with E-state index >= 15 is 0 Å². The van der Waals surface area contributed by atoms with Crippen LogP contribution in [0.2, 0.25) is 0 Å². The molecule has 0 saturated heterocycles. The molecule has 0 saturated carbocycles. The van der Waals surface area contributed by atoms with E-state index in [1.54, 1.807) is 0 Å². The maximum Gasteiger partial charge on any atom is 0.0248 e. The standard InChI is InChI=1S/C6H6IN/c8-7-6-4-2-1-3-5-6/h1-5,8H. The summed E-state index contributed by atoms with van der Waals surface area (Å²) in [7, 11) is 0. The van der Waals surface area contributed by atoms with Gasteiger partial charge in [0.2, 0.25) is 0 Å². The van der Waals surface area contributed by atoms with Crippen LogP contribution in [0, 0.1) is 7.13 Å². The number of hydrogen-bond acceptors (Lipinski definition) is 1. The van der Waals surface area contributed by atoms with Crippen molar-refractivity contribution in [2.24, 2.45) is 0 Å². The van der Waals surface area contributed by atoms with Gasteiger partial charge in [-0.15, -0.1) is 0 Å². The van der Waals surface area contributed by atoms with Crippen molar-refractivity contribution < 1.29 is 0 Å². The summed E-state index contributed by atoms with van der Waals surface area (Å²) in [6.45, 7) is 0. The molecule has 0 aliphatic rings. The zero-order valence-corrected chi connectivity index (χ0v) is 6.42. The highest BCUT2D eigenvalue weighted by Crippen LogP contribution is 2.07. The van der Waals surface area contributed by atoms with E-state index in [1.165, 1.54) is 3.57 Å². The van der Waals surface area contributed by atoms with E-state index in [-0.39, 0.29) is 0 Å². The van der Waals surface area contributed by atoms with Crippen LogP contribution in [0.5, 0.6) is 0 Å². The van der Waals surface area contributed by atoms with Gasteiger partial charge in [-0.05, 0) is 12.1 Å². The van der Waals surface area contributed by atoms with Crippen molar-refractivity contribution in [1.82, 2.24) is 0 Å². The average Bonchev–Trinajstić information content (AvgIpc) is 1.90. The Morgan fingerprint density at radius 1 is 1.12 bits per heavy atom. The third-order valence-corrected chi connectivity index (χ3v) is 2.18. The number of benzene rings is 1. The van der Waals surface area contributed by atoms with Gasteiger partial charge in [-0.1, -0.05) is 18.2 Å². The molecule has 42 valence electrons. The van der Waals surface area contributed by atoms with Gasteiger partial charge in [0.15, 0.2) is 0 Å². The van der Waals surface area contributed by atoms with Crippen molar-refractivity contribution in [3.05, 3.63) is 33.9 Å². The third-order valence-electron chi connectivity index (χ3n) is 0.842. The fourth-order valence-corrected chi connectivity index (χ4v) is 1.25. The molecular weight excluding hydrogens is 213 g/mol. The highest BCUT2D eigenvalue weighted by molar-refractivity contribution is 14.2. The first kappa shape index (κ1) is 5.88. The van der Waals surface area contributed by atoms with E-state index in [9.17, 15) is 0 Å². The van der Waals surface area contributed by atoms with Crippen LogP contribution in [0.1, 0.15) is 0 Å². The van der Waals surface area contributed by atoms with Gasteiger partial charge in [0.05, 0.1) is 0 Å². The molecule has 0 unspecified atom stereocenters. The molecule has 1 rings (SSSR count). The molecule has 2 heteroatoms. The van der Waals surface area contributed by atoms with E-state index < -0.39 is 21.0 Å². The van der Waals surface area contributed by atoms with Crippen LogP contribution in [0.25, 0.3) is 0 Å². The molecule has 1 N–H and O–H groups in total. The monoisotopic (exact) mass is 219 g/mol. The first-order valence-electron chi connectivity index (χ1n) is 2.29. The fraction of sp³-hybridized carbons (Fsp3) is 0. The van der Waals surface area contributed by atoms with E-state index in [0.29, 0.717) is 0 Å². The lowest BCUT2D eigenvalue weighted by Crippen LogP contribution is -1.62. The Balaban J connectivity index is 2.99. The van der Waals surface area contributed by atoms with Gasteiger partial charge in [0, 0.05) is 24.6 Å². The van der Waals surface area contributed by atoms with E-state index in [4.69, 9.17) is 3.56 Å². The quantitative estimate of drug-likeness (QED) is 0.702. The molecule has 0 amide bonds. The van der Waals surface area contributed by atoms with Crippen LogP contribution in [0.4, 0.5) is 0 Å². The van der Waals surface area contributed by atoms with Crippen LogP contribution in [0.15, 0.2) is 30.3 Å². The highest BCUT2D eigenvalue weighted by atomic mass is 127. The maximum absolute atomic E-state index is 7.05. The van der Waals surface area contributed by atoms with Crippen LogP contribution in [-0.2, 0) is 0 Å². The van der Waals surface area contributed by atoms with E-state index in [1.807, 2.05) is 30.3 Å². The van der Waals surface area contributed by atoms with Crippen molar-refractivity contribution in [3.8, 4) is 0 Å². The van der Waals surface area contributed by atoms with Gasteiger partial charge in [-0.3, -0.25) is 3.56 Å². The number of nitrogens with one attached hydrogen (secondary N) is 1. The summed E-state index contributed by atoms with van der Waals surface area (Å²) < 4.78 is 8.24. The SMILES string of the molecule is N=Ic1ccccc1. The molecule has 1 nitrogen and oxygen atoms in total.